The lowest BCUT2D eigenvalue weighted by Crippen LogP contribution is -2.18. The van der Waals surface area contributed by atoms with Crippen LogP contribution in [0, 0.1) is 0 Å². The van der Waals surface area contributed by atoms with Gasteiger partial charge in [0.25, 0.3) is 0 Å². The third-order valence-electron chi connectivity index (χ3n) is 1.50. The summed E-state index contributed by atoms with van der Waals surface area (Å²) in [6.45, 7) is 6.79. The molecule has 0 heterocycles. The van der Waals surface area contributed by atoms with Gasteiger partial charge >= 0.3 is 5.97 Å². The topological polar surface area (TPSA) is 46.5 Å². The molecule has 0 aliphatic rings. The van der Waals surface area contributed by atoms with E-state index in [1.165, 1.54) is 0 Å². The van der Waals surface area contributed by atoms with E-state index in [0.717, 1.165) is 0 Å². The van der Waals surface area contributed by atoms with Gasteiger partial charge in [-0.1, -0.05) is 22.0 Å². The van der Waals surface area contributed by atoms with Gasteiger partial charge in [0.2, 0.25) is 0 Å². The van der Waals surface area contributed by atoms with Crippen LogP contribution in [0.2, 0.25) is 0 Å². The number of alkyl halides is 1. The van der Waals surface area contributed by atoms with E-state index in [2.05, 4.69) is 15.9 Å². The van der Waals surface area contributed by atoms with Crippen LogP contribution < -0.4 is 0 Å². The van der Waals surface area contributed by atoms with E-state index in [1.807, 2.05) is 13.8 Å². The van der Waals surface area contributed by atoms with E-state index in [9.17, 15) is 4.79 Å². The summed E-state index contributed by atoms with van der Waals surface area (Å²) in [7, 11) is 0. The Morgan fingerprint density at radius 1 is 1.57 bits per heavy atom. The zero-order valence-corrected chi connectivity index (χ0v) is 10.4. The summed E-state index contributed by atoms with van der Waals surface area (Å²) in [5.74, 6) is -0.870. The van der Waals surface area contributed by atoms with E-state index in [4.69, 9.17) is 9.84 Å². The van der Waals surface area contributed by atoms with Gasteiger partial charge in [0.05, 0.1) is 13.2 Å². The molecule has 0 aromatic carbocycles. The molecule has 14 heavy (non-hydrogen) atoms. The lowest BCUT2D eigenvalue weighted by atomic mass is 10.2. The maximum Gasteiger partial charge on any atom is 0.330 e. The Balaban J connectivity index is 3.57. The minimum atomic E-state index is -0.870. The Hall–Kier alpha value is -0.350. The van der Waals surface area contributed by atoms with Crippen molar-refractivity contribution >= 4 is 21.9 Å². The zero-order chi connectivity index (χ0) is 11.2. The predicted molar refractivity (Wildman–Crippen MR) is 59.8 cm³/mol. The molecule has 4 heteroatoms. The largest absolute Gasteiger partial charge is 0.478 e. The van der Waals surface area contributed by atoms with Gasteiger partial charge in [-0.3, -0.25) is 0 Å². The highest BCUT2D eigenvalue weighted by atomic mass is 79.9. The number of carboxylic acids is 1. The first-order chi connectivity index (χ1) is 6.33. The Morgan fingerprint density at radius 2 is 2.14 bits per heavy atom. The van der Waals surface area contributed by atoms with Gasteiger partial charge in [0.1, 0.15) is 0 Å². The number of ether oxygens (including phenoxy) is 1. The molecule has 0 rings (SSSR count). The third kappa shape index (κ3) is 8.26. The van der Waals surface area contributed by atoms with Crippen molar-refractivity contribution in [3.8, 4) is 0 Å². The van der Waals surface area contributed by atoms with E-state index in [0.29, 0.717) is 25.2 Å². The van der Waals surface area contributed by atoms with Crippen molar-refractivity contribution in [2.45, 2.75) is 31.5 Å². The van der Waals surface area contributed by atoms with E-state index in [-0.39, 0.29) is 4.32 Å². The van der Waals surface area contributed by atoms with E-state index < -0.39 is 5.97 Å². The molecule has 0 aromatic rings. The molecule has 0 unspecified atom stereocenters. The van der Waals surface area contributed by atoms with E-state index >= 15 is 0 Å². The van der Waals surface area contributed by atoms with Crippen molar-refractivity contribution in [2.24, 2.45) is 0 Å². The van der Waals surface area contributed by atoms with Crippen molar-refractivity contribution in [3.63, 3.8) is 0 Å². The molecular weight excluding hydrogens is 248 g/mol. The number of halogens is 1. The van der Waals surface area contributed by atoms with Crippen molar-refractivity contribution in [1.82, 2.24) is 0 Å². The third-order valence-corrected chi connectivity index (χ3v) is 1.72. The van der Waals surface area contributed by atoms with Gasteiger partial charge in [0, 0.05) is 9.90 Å². The van der Waals surface area contributed by atoms with Gasteiger partial charge in [-0.2, -0.15) is 0 Å². The van der Waals surface area contributed by atoms with Crippen LogP contribution in [0.1, 0.15) is 27.2 Å². The van der Waals surface area contributed by atoms with Crippen LogP contribution >= 0.6 is 15.9 Å². The molecule has 0 radical (unpaired) electrons. The van der Waals surface area contributed by atoms with Crippen molar-refractivity contribution in [2.75, 3.05) is 13.2 Å². The summed E-state index contributed by atoms with van der Waals surface area (Å²) >= 11 is 3.45. The molecule has 0 bridgehead atoms. The highest BCUT2D eigenvalue weighted by Gasteiger charge is 2.11. The lowest BCUT2D eigenvalue weighted by molar-refractivity contribution is -0.132. The second kappa shape index (κ2) is 6.19. The molecule has 3 nitrogen and oxygen atoms in total. The van der Waals surface area contributed by atoms with Crippen LogP contribution in [-0.4, -0.2) is 28.6 Å². The van der Waals surface area contributed by atoms with Crippen LogP contribution in [0.5, 0.6) is 0 Å². The number of hydrogen-bond donors (Lipinski definition) is 1. The van der Waals surface area contributed by atoms with Crippen LogP contribution in [0.3, 0.4) is 0 Å². The molecule has 0 saturated carbocycles. The first kappa shape index (κ1) is 13.7. The standard InChI is InChI=1S/C10H17BrO3/c1-8(9(12)13)5-4-6-14-7-10(2,3)11/h5H,4,6-7H2,1-3H3,(H,12,13). The molecule has 0 atom stereocenters. The SMILES string of the molecule is CC(=CCCOCC(C)(C)Br)C(=O)O. The van der Waals surface area contributed by atoms with Crippen molar-refractivity contribution in [1.29, 1.82) is 0 Å². The Morgan fingerprint density at radius 3 is 2.57 bits per heavy atom. The molecular formula is C10H17BrO3. The molecule has 82 valence electrons. The van der Waals surface area contributed by atoms with Gasteiger partial charge in [0.15, 0.2) is 0 Å². The normalized spacial score (nSPS) is 13.0. The van der Waals surface area contributed by atoms with Crippen molar-refractivity contribution < 1.29 is 14.6 Å². The predicted octanol–water partition coefficient (Wildman–Crippen LogP) is 2.60. The summed E-state index contributed by atoms with van der Waals surface area (Å²) in [6.07, 6.45) is 2.31. The number of hydrogen-bond acceptors (Lipinski definition) is 2. The summed E-state index contributed by atoms with van der Waals surface area (Å²) in [5.41, 5.74) is 0.367. The number of carbonyl (C=O) groups is 1. The molecule has 0 aliphatic heterocycles. The summed E-state index contributed by atoms with van der Waals surface area (Å²) in [6, 6.07) is 0. The Bertz CT molecular complexity index is 216. The van der Waals surface area contributed by atoms with Crippen LogP contribution in [-0.2, 0) is 9.53 Å². The highest BCUT2D eigenvalue weighted by molar-refractivity contribution is 9.10. The van der Waals surface area contributed by atoms with E-state index in [1.54, 1.807) is 13.0 Å². The molecule has 1 N–H and O–H groups in total. The minimum absolute atomic E-state index is 0.0153. The molecule has 0 spiro atoms. The minimum Gasteiger partial charge on any atom is -0.478 e. The second-order valence-corrected chi connectivity index (χ2v) is 5.90. The maximum absolute atomic E-state index is 10.4. The molecule has 0 aromatic heterocycles. The first-order valence-electron chi connectivity index (χ1n) is 4.49. The molecule has 0 aliphatic carbocycles. The molecule has 0 saturated heterocycles. The highest BCUT2D eigenvalue weighted by Crippen LogP contribution is 2.15. The number of aliphatic carboxylic acids is 1. The average molecular weight is 265 g/mol. The summed E-state index contributed by atoms with van der Waals surface area (Å²) in [5, 5.41) is 8.55. The fourth-order valence-electron chi connectivity index (χ4n) is 0.761. The van der Waals surface area contributed by atoms with Crippen LogP contribution in [0.25, 0.3) is 0 Å². The Kier molecular flexibility index (Phi) is 6.04. The van der Waals surface area contributed by atoms with Gasteiger partial charge < -0.3 is 9.84 Å². The number of rotatable bonds is 6. The maximum atomic E-state index is 10.4. The lowest BCUT2D eigenvalue weighted by Gasteiger charge is -2.15. The first-order valence-corrected chi connectivity index (χ1v) is 5.29. The fourth-order valence-corrected chi connectivity index (χ4v) is 0.923. The van der Waals surface area contributed by atoms with Gasteiger partial charge in [-0.05, 0) is 27.2 Å². The van der Waals surface area contributed by atoms with Gasteiger partial charge in [-0.15, -0.1) is 0 Å². The zero-order valence-electron chi connectivity index (χ0n) is 8.84. The fraction of sp³-hybridized carbons (Fsp3) is 0.700. The van der Waals surface area contributed by atoms with Gasteiger partial charge in [-0.25, -0.2) is 4.79 Å². The summed E-state index contributed by atoms with van der Waals surface area (Å²) < 4.78 is 5.33. The molecule has 0 fully saturated rings. The van der Waals surface area contributed by atoms with Crippen LogP contribution in [0.15, 0.2) is 11.6 Å². The smallest absolute Gasteiger partial charge is 0.330 e. The quantitative estimate of drug-likeness (QED) is 0.456. The van der Waals surface area contributed by atoms with Crippen molar-refractivity contribution in [3.05, 3.63) is 11.6 Å². The monoisotopic (exact) mass is 264 g/mol. The van der Waals surface area contributed by atoms with Crippen LogP contribution in [0.4, 0.5) is 0 Å². The average Bonchev–Trinajstić information content (AvgIpc) is 2.01. The Labute approximate surface area is 93.3 Å². The summed E-state index contributed by atoms with van der Waals surface area (Å²) in [4.78, 5) is 10.4. The second-order valence-electron chi connectivity index (χ2n) is 3.75. The number of carboxylic acid groups (broad SMARTS) is 1. The molecule has 0 amide bonds.